The van der Waals surface area contributed by atoms with Crippen molar-refractivity contribution in [3.8, 4) is 0 Å². The zero-order valence-electron chi connectivity index (χ0n) is 11.1. The molecule has 0 aliphatic rings. The Hall–Kier alpha value is -1.43. The third-order valence-electron chi connectivity index (χ3n) is 1.93. The molecule has 0 aromatic heterocycles. The van der Waals surface area contributed by atoms with Crippen LogP contribution in [0.3, 0.4) is 0 Å². The van der Waals surface area contributed by atoms with Crippen LogP contribution in [0.2, 0.25) is 0 Å². The van der Waals surface area contributed by atoms with Gasteiger partial charge in [0, 0.05) is 11.0 Å². The number of carbonyl (C=O) groups excluding carboxylic acids is 1. The van der Waals surface area contributed by atoms with Crippen molar-refractivity contribution in [3.63, 3.8) is 0 Å². The molecule has 6 heteroatoms. The largest absolute Gasteiger partial charge is 0.457 e. The van der Waals surface area contributed by atoms with Crippen molar-refractivity contribution < 1.29 is 19.6 Å². The highest BCUT2D eigenvalue weighted by molar-refractivity contribution is 5.82. The van der Waals surface area contributed by atoms with E-state index in [2.05, 4.69) is 0 Å². The second-order valence-electron chi connectivity index (χ2n) is 5.04. The summed E-state index contributed by atoms with van der Waals surface area (Å²) in [6.45, 7) is 4.92. The van der Waals surface area contributed by atoms with Crippen molar-refractivity contribution in [1.29, 1.82) is 0 Å². The molecule has 0 aromatic rings. The maximum atomic E-state index is 11.3. The molecule has 0 aliphatic heterocycles. The van der Waals surface area contributed by atoms with Crippen LogP contribution in [0.15, 0.2) is 12.2 Å². The van der Waals surface area contributed by atoms with Crippen LogP contribution >= 0.6 is 0 Å². The Kier molecular flexibility index (Phi) is 7.19. The van der Waals surface area contributed by atoms with E-state index in [9.17, 15) is 20.0 Å². The Balaban J connectivity index is 3.72. The molecule has 1 unspecified atom stereocenters. The monoisotopic (exact) mass is 259 g/mol. The number of nitro groups is 1. The Labute approximate surface area is 107 Å². The fourth-order valence-electron chi connectivity index (χ4n) is 1.25. The molecule has 104 valence electrons. The number of aliphatic hydroxyl groups is 1. The summed E-state index contributed by atoms with van der Waals surface area (Å²) in [5.74, 6) is -0.409. The minimum Gasteiger partial charge on any atom is -0.457 e. The van der Waals surface area contributed by atoms with E-state index in [1.54, 1.807) is 26.8 Å². The first-order chi connectivity index (χ1) is 8.20. The van der Waals surface area contributed by atoms with Gasteiger partial charge in [-0.05, 0) is 40.0 Å². The molecule has 6 nitrogen and oxygen atoms in total. The predicted octanol–water partition coefficient (Wildman–Crippen LogP) is 1.69. The molecule has 0 aliphatic carbocycles. The summed E-state index contributed by atoms with van der Waals surface area (Å²) in [5, 5.41) is 19.3. The number of esters is 1. The van der Waals surface area contributed by atoms with Gasteiger partial charge in [-0.2, -0.15) is 0 Å². The molecule has 1 atom stereocenters. The minimum atomic E-state index is -0.921. The van der Waals surface area contributed by atoms with Crippen LogP contribution in [0.25, 0.3) is 0 Å². The second kappa shape index (κ2) is 7.81. The van der Waals surface area contributed by atoms with Gasteiger partial charge in [-0.1, -0.05) is 6.08 Å². The molecule has 0 aromatic carbocycles. The summed E-state index contributed by atoms with van der Waals surface area (Å²) in [5.41, 5.74) is -0.511. The van der Waals surface area contributed by atoms with E-state index in [0.29, 0.717) is 19.3 Å². The van der Waals surface area contributed by atoms with Gasteiger partial charge in [-0.15, -0.1) is 0 Å². The number of rotatable bonds is 7. The zero-order valence-corrected chi connectivity index (χ0v) is 11.1. The Morgan fingerprint density at radius 3 is 2.61 bits per heavy atom. The van der Waals surface area contributed by atoms with Gasteiger partial charge in [-0.25, -0.2) is 4.79 Å². The summed E-state index contributed by atoms with van der Waals surface area (Å²) in [4.78, 5) is 20.8. The summed E-state index contributed by atoms with van der Waals surface area (Å²) in [7, 11) is 0. The fourth-order valence-corrected chi connectivity index (χ4v) is 1.25. The Bertz CT molecular complexity index is 306. The maximum Gasteiger partial charge on any atom is 0.330 e. The van der Waals surface area contributed by atoms with Crippen molar-refractivity contribution in [2.45, 2.75) is 51.7 Å². The Morgan fingerprint density at radius 1 is 1.50 bits per heavy atom. The molecule has 0 saturated carbocycles. The highest BCUT2D eigenvalue weighted by Gasteiger charge is 2.13. The normalized spacial score (nSPS) is 13.6. The second-order valence-corrected chi connectivity index (χ2v) is 5.04. The third-order valence-corrected chi connectivity index (χ3v) is 1.93. The number of aliphatic hydroxyl groups excluding tert-OH is 1. The molecule has 0 bridgehead atoms. The Morgan fingerprint density at radius 2 is 2.11 bits per heavy atom. The molecule has 0 rings (SSSR count). The van der Waals surface area contributed by atoms with Crippen molar-refractivity contribution in [1.82, 2.24) is 0 Å². The first-order valence-electron chi connectivity index (χ1n) is 5.90. The molecule has 0 heterocycles. The highest BCUT2D eigenvalue weighted by Crippen LogP contribution is 2.08. The van der Waals surface area contributed by atoms with E-state index in [0.717, 1.165) is 0 Å². The zero-order chi connectivity index (χ0) is 14.2. The van der Waals surface area contributed by atoms with E-state index in [4.69, 9.17) is 4.74 Å². The molecule has 18 heavy (non-hydrogen) atoms. The van der Waals surface area contributed by atoms with Crippen molar-refractivity contribution in [2.24, 2.45) is 0 Å². The smallest absolute Gasteiger partial charge is 0.330 e. The van der Waals surface area contributed by atoms with Crippen LogP contribution < -0.4 is 0 Å². The minimum absolute atomic E-state index is 0.347. The molecule has 0 amide bonds. The van der Waals surface area contributed by atoms with Gasteiger partial charge in [0.05, 0.1) is 0 Å². The third kappa shape index (κ3) is 11.1. The molecule has 0 fully saturated rings. The van der Waals surface area contributed by atoms with Gasteiger partial charge in [0.25, 0.3) is 0 Å². The van der Waals surface area contributed by atoms with Crippen LogP contribution in [0.1, 0.15) is 40.0 Å². The number of hydrogen-bond acceptors (Lipinski definition) is 5. The average Bonchev–Trinajstić information content (AvgIpc) is 2.12. The number of unbranched alkanes of at least 4 members (excludes halogenated alkanes) is 1. The van der Waals surface area contributed by atoms with Gasteiger partial charge in [0.15, 0.2) is 0 Å². The van der Waals surface area contributed by atoms with Crippen LogP contribution in [0.5, 0.6) is 0 Å². The number of carbonyl (C=O) groups is 1. The lowest BCUT2D eigenvalue weighted by Gasteiger charge is -2.17. The maximum absolute atomic E-state index is 11.3. The van der Waals surface area contributed by atoms with E-state index in [1.807, 2.05) is 0 Å². The average molecular weight is 259 g/mol. The first-order valence-corrected chi connectivity index (χ1v) is 5.90. The van der Waals surface area contributed by atoms with E-state index in [1.165, 1.54) is 6.08 Å². The van der Waals surface area contributed by atoms with Crippen molar-refractivity contribution >= 4 is 5.97 Å². The summed E-state index contributed by atoms with van der Waals surface area (Å²) in [6, 6.07) is 0. The molecule has 0 spiro atoms. The summed E-state index contributed by atoms with van der Waals surface area (Å²) in [6.07, 6.45) is 3.58. The van der Waals surface area contributed by atoms with E-state index in [-0.39, 0.29) is 0 Å². The lowest BCUT2D eigenvalue weighted by Crippen LogP contribution is -2.22. The quantitative estimate of drug-likeness (QED) is 0.247. The summed E-state index contributed by atoms with van der Waals surface area (Å²) < 4.78 is 5.05. The number of hydrogen-bond donors (Lipinski definition) is 1. The van der Waals surface area contributed by atoms with Crippen LogP contribution in [-0.2, 0) is 9.53 Å². The van der Waals surface area contributed by atoms with Gasteiger partial charge in [0.1, 0.15) is 11.7 Å². The van der Waals surface area contributed by atoms with Crippen LogP contribution in [0, 0.1) is 10.1 Å². The molecule has 0 radical (unpaired) electrons. The molecular formula is C12H21NO5. The highest BCUT2D eigenvalue weighted by atomic mass is 16.6. The topological polar surface area (TPSA) is 89.7 Å². The predicted molar refractivity (Wildman–Crippen MR) is 66.7 cm³/mol. The van der Waals surface area contributed by atoms with Gasteiger partial charge in [-0.3, -0.25) is 10.1 Å². The lowest BCUT2D eigenvalue weighted by molar-refractivity contribution is -0.490. The SMILES string of the molecule is CC(C)(C)OC(=O)/C=C/CCCC(O)C[N+](=O)[O-]. The van der Waals surface area contributed by atoms with Gasteiger partial charge in [0.2, 0.25) is 6.54 Å². The van der Waals surface area contributed by atoms with E-state index >= 15 is 0 Å². The van der Waals surface area contributed by atoms with Crippen molar-refractivity contribution in [3.05, 3.63) is 22.3 Å². The standard InChI is InChI=1S/C12H21NO5/c1-12(2,3)18-11(15)8-6-4-5-7-10(14)9-13(16)17/h6,8,10,14H,4-5,7,9H2,1-3H3/b8-6+. The fraction of sp³-hybridized carbons (Fsp3) is 0.750. The van der Waals surface area contributed by atoms with E-state index < -0.39 is 29.1 Å². The number of ether oxygens (including phenoxy) is 1. The summed E-state index contributed by atoms with van der Waals surface area (Å²) >= 11 is 0. The van der Waals surface area contributed by atoms with Crippen LogP contribution in [0.4, 0.5) is 0 Å². The first kappa shape index (κ1) is 16.6. The number of nitrogens with zero attached hydrogens (tertiary/aromatic N) is 1. The molecular weight excluding hydrogens is 238 g/mol. The van der Waals surface area contributed by atoms with Crippen molar-refractivity contribution in [2.75, 3.05) is 6.54 Å². The van der Waals surface area contributed by atoms with Crippen LogP contribution in [-0.4, -0.2) is 34.2 Å². The lowest BCUT2D eigenvalue weighted by atomic mass is 10.1. The molecule has 0 saturated heterocycles. The molecule has 1 N–H and O–H groups in total. The number of allylic oxidation sites excluding steroid dienone is 1. The van der Waals surface area contributed by atoms with Gasteiger partial charge >= 0.3 is 5.97 Å². The van der Waals surface area contributed by atoms with Gasteiger partial charge < -0.3 is 9.84 Å².